The number of hydrogen-bond acceptors (Lipinski definition) is 5. The van der Waals surface area contributed by atoms with Crippen molar-refractivity contribution in [3.8, 4) is 11.8 Å². The molecule has 0 radical (unpaired) electrons. The average molecular weight is 336 g/mol. The molecule has 1 aromatic carbocycles. The molecule has 2 rings (SSSR count). The molecule has 1 heterocycles. The zero-order valence-corrected chi connectivity index (χ0v) is 14.3. The molecule has 6 heteroatoms. The van der Waals surface area contributed by atoms with E-state index in [1.54, 1.807) is 24.4 Å². The highest BCUT2D eigenvalue weighted by atomic mass is 16.5. The molecular formula is C19H20N4O2. The van der Waals surface area contributed by atoms with Crippen LogP contribution in [0.25, 0.3) is 6.08 Å². The summed E-state index contributed by atoms with van der Waals surface area (Å²) in [6, 6.07) is 12.9. The van der Waals surface area contributed by atoms with E-state index in [1.165, 1.54) is 6.08 Å². The van der Waals surface area contributed by atoms with Crippen molar-refractivity contribution in [3.05, 3.63) is 59.8 Å². The van der Waals surface area contributed by atoms with Crippen LogP contribution in [0.2, 0.25) is 0 Å². The Morgan fingerprint density at radius 3 is 2.76 bits per heavy atom. The quantitative estimate of drug-likeness (QED) is 0.786. The van der Waals surface area contributed by atoms with Gasteiger partial charge in [-0.2, -0.15) is 5.26 Å². The third-order valence-electron chi connectivity index (χ3n) is 3.35. The Balaban J connectivity index is 1.86. The molecule has 1 N–H and O–H groups in total. The number of nitrogens with zero attached hydrogens (tertiary/aromatic N) is 3. The summed E-state index contributed by atoms with van der Waals surface area (Å²) in [5, 5.41) is 11.3. The minimum absolute atomic E-state index is 0.0160. The first-order valence-corrected chi connectivity index (χ1v) is 7.76. The van der Waals surface area contributed by atoms with E-state index in [0.717, 1.165) is 16.9 Å². The number of ether oxygens (including phenoxy) is 1. The second-order valence-electron chi connectivity index (χ2n) is 5.48. The van der Waals surface area contributed by atoms with E-state index in [4.69, 9.17) is 10.00 Å². The van der Waals surface area contributed by atoms with Gasteiger partial charge in [-0.05, 0) is 41.5 Å². The average Bonchev–Trinajstić information content (AvgIpc) is 2.64. The summed E-state index contributed by atoms with van der Waals surface area (Å²) in [5.41, 5.74) is 1.86. The lowest BCUT2D eigenvalue weighted by Gasteiger charge is -2.12. The Bertz CT molecular complexity index is 777. The predicted octanol–water partition coefficient (Wildman–Crippen LogP) is 2.38. The lowest BCUT2D eigenvalue weighted by molar-refractivity contribution is -0.116. The van der Waals surface area contributed by atoms with E-state index in [1.807, 2.05) is 49.3 Å². The third-order valence-corrected chi connectivity index (χ3v) is 3.35. The van der Waals surface area contributed by atoms with Crippen LogP contribution in [0.15, 0.2) is 48.7 Å². The maximum absolute atomic E-state index is 11.9. The van der Waals surface area contributed by atoms with Crippen LogP contribution < -0.4 is 15.0 Å². The SMILES string of the molecule is CN(C)c1cc(CNC(=O)/C=C/c2ccc(OCC#N)cc2)ccn1. The molecular weight excluding hydrogens is 316 g/mol. The van der Waals surface area contributed by atoms with Crippen molar-refractivity contribution in [3.63, 3.8) is 0 Å². The van der Waals surface area contributed by atoms with Crippen molar-refractivity contribution in [2.45, 2.75) is 6.54 Å². The largest absolute Gasteiger partial charge is 0.479 e. The van der Waals surface area contributed by atoms with E-state index in [9.17, 15) is 4.79 Å². The van der Waals surface area contributed by atoms with Crippen molar-refractivity contribution >= 4 is 17.8 Å². The van der Waals surface area contributed by atoms with E-state index in [-0.39, 0.29) is 12.5 Å². The van der Waals surface area contributed by atoms with Gasteiger partial charge in [-0.25, -0.2) is 4.98 Å². The van der Waals surface area contributed by atoms with Gasteiger partial charge in [0.25, 0.3) is 0 Å². The van der Waals surface area contributed by atoms with Crippen LogP contribution in [0.1, 0.15) is 11.1 Å². The Morgan fingerprint density at radius 1 is 1.32 bits per heavy atom. The second-order valence-corrected chi connectivity index (χ2v) is 5.48. The second kappa shape index (κ2) is 9.08. The van der Waals surface area contributed by atoms with Crippen LogP contribution >= 0.6 is 0 Å². The number of nitrogens with one attached hydrogen (secondary N) is 1. The van der Waals surface area contributed by atoms with Gasteiger partial charge >= 0.3 is 0 Å². The topological polar surface area (TPSA) is 78.3 Å². The van der Waals surface area contributed by atoms with Crippen LogP contribution in [0.4, 0.5) is 5.82 Å². The smallest absolute Gasteiger partial charge is 0.244 e. The highest BCUT2D eigenvalue weighted by Gasteiger charge is 2.01. The molecule has 6 nitrogen and oxygen atoms in total. The van der Waals surface area contributed by atoms with Gasteiger partial charge < -0.3 is 15.0 Å². The first-order chi connectivity index (χ1) is 12.1. The fourth-order valence-corrected chi connectivity index (χ4v) is 2.03. The maximum Gasteiger partial charge on any atom is 0.244 e. The summed E-state index contributed by atoms with van der Waals surface area (Å²) in [7, 11) is 3.84. The van der Waals surface area contributed by atoms with Gasteiger partial charge in [0.1, 0.15) is 17.6 Å². The minimum Gasteiger partial charge on any atom is -0.479 e. The van der Waals surface area contributed by atoms with Crippen LogP contribution in [0.3, 0.4) is 0 Å². The molecule has 0 unspecified atom stereocenters. The number of amides is 1. The van der Waals surface area contributed by atoms with Crippen molar-refractivity contribution in [1.82, 2.24) is 10.3 Å². The number of benzene rings is 1. The first kappa shape index (κ1) is 18.0. The monoisotopic (exact) mass is 336 g/mol. The Kier molecular flexibility index (Phi) is 6.55. The molecule has 0 aliphatic carbocycles. The fraction of sp³-hybridized carbons (Fsp3) is 0.211. The van der Waals surface area contributed by atoms with E-state index < -0.39 is 0 Å². The molecule has 0 aliphatic heterocycles. The van der Waals surface area contributed by atoms with Gasteiger partial charge in [0.2, 0.25) is 5.91 Å². The maximum atomic E-state index is 11.9. The highest BCUT2D eigenvalue weighted by molar-refractivity contribution is 5.91. The molecule has 0 aliphatic rings. The van der Waals surface area contributed by atoms with Crippen molar-refractivity contribution in [2.75, 3.05) is 25.6 Å². The van der Waals surface area contributed by atoms with Crippen molar-refractivity contribution in [2.24, 2.45) is 0 Å². The van der Waals surface area contributed by atoms with Gasteiger partial charge in [0.15, 0.2) is 6.61 Å². The van der Waals surface area contributed by atoms with Gasteiger partial charge in [-0.1, -0.05) is 12.1 Å². The van der Waals surface area contributed by atoms with Gasteiger partial charge in [0, 0.05) is 32.9 Å². The number of rotatable bonds is 7. The molecule has 1 amide bonds. The molecule has 0 saturated carbocycles. The summed E-state index contributed by atoms with van der Waals surface area (Å²) < 4.78 is 5.18. The molecule has 0 spiro atoms. The summed E-state index contributed by atoms with van der Waals surface area (Å²) in [6.45, 7) is 0.454. The third kappa shape index (κ3) is 5.99. The van der Waals surface area contributed by atoms with E-state index in [0.29, 0.717) is 12.3 Å². The Morgan fingerprint density at radius 2 is 2.08 bits per heavy atom. The number of nitriles is 1. The number of anilines is 1. The molecule has 2 aromatic rings. The summed E-state index contributed by atoms with van der Waals surface area (Å²) in [5.74, 6) is 1.30. The molecule has 1 aromatic heterocycles. The Labute approximate surface area is 147 Å². The number of carbonyl (C=O) groups is 1. The molecule has 0 saturated heterocycles. The number of carbonyl (C=O) groups excluding carboxylic acids is 1. The summed E-state index contributed by atoms with van der Waals surface area (Å²) >= 11 is 0. The molecule has 128 valence electrons. The van der Waals surface area contributed by atoms with Crippen molar-refractivity contribution in [1.29, 1.82) is 5.26 Å². The standard InChI is InChI=1S/C19H20N4O2/c1-23(2)18-13-16(9-11-21-18)14-22-19(24)8-5-15-3-6-17(7-4-15)25-12-10-20/h3-9,11,13H,12,14H2,1-2H3,(H,22,24)/b8-5+. The van der Waals surface area contributed by atoms with Gasteiger partial charge in [-0.3, -0.25) is 4.79 Å². The zero-order valence-electron chi connectivity index (χ0n) is 14.3. The lowest BCUT2D eigenvalue weighted by atomic mass is 10.2. The molecule has 0 fully saturated rings. The van der Waals surface area contributed by atoms with Gasteiger partial charge in [-0.15, -0.1) is 0 Å². The molecule has 0 atom stereocenters. The number of aromatic nitrogens is 1. The van der Waals surface area contributed by atoms with Crippen LogP contribution in [0.5, 0.6) is 5.75 Å². The van der Waals surface area contributed by atoms with Crippen LogP contribution in [-0.2, 0) is 11.3 Å². The van der Waals surface area contributed by atoms with Crippen LogP contribution in [0, 0.1) is 11.3 Å². The highest BCUT2D eigenvalue weighted by Crippen LogP contribution is 2.13. The lowest BCUT2D eigenvalue weighted by Crippen LogP contribution is -2.20. The normalized spacial score (nSPS) is 10.3. The van der Waals surface area contributed by atoms with E-state index >= 15 is 0 Å². The molecule has 0 bridgehead atoms. The predicted molar refractivity (Wildman–Crippen MR) is 97.0 cm³/mol. The van der Waals surface area contributed by atoms with Crippen molar-refractivity contribution < 1.29 is 9.53 Å². The zero-order chi connectivity index (χ0) is 18.1. The molecule has 25 heavy (non-hydrogen) atoms. The van der Waals surface area contributed by atoms with Gasteiger partial charge in [0.05, 0.1) is 0 Å². The first-order valence-electron chi connectivity index (χ1n) is 7.76. The number of hydrogen-bond donors (Lipinski definition) is 1. The fourth-order valence-electron chi connectivity index (χ4n) is 2.03. The van der Waals surface area contributed by atoms with Crippen LogP contribution in [-0.4, -0.2) is 31.6 Å². The minimum atomic E-state index is -0.173. The Hall–Kier alpha value is -3.33. The number of pyridine rings is 1. The summed E-state index contributed by atoms with van der Waals surface area (Å²) in [4.78, 5) is 18.1. The summed E-state index contributed by atoms with van der Waals surface area (Å²) in [6.07, 6.45) is 4.93. The van der Waals surface area contributed by atoms with E-state index in [2.05, 4.69) is 10.3 Å².